The molecule has 2 unspecified atom stereocenters. The van der Waals surface area contributed by atoms with Gasteiger partial charge in [-0.05, 0) is 49.9 Å². The second-order valence-electron chi connectivity index (χ2n) is 8.13. The summed E-state index contributed by atoms with van der Waals surface area (Å²) in [5, 5.41) is 0.623. The van der Waals surface area contributed by atoms with Gasteiger partial charge in [0.1, 0.15) is 5.75 Å². The average Bonchev–Trinajstić information content (AvgIpc) is 2.75. The zero-order valence-electron chi connectivity index (χ0n) is 18.3. The summed E-state index contributed by atoms with van der Waals surface area (Å²) in [6, 6.07) is 5.10. The van der Waals surface area contributed by atoms with E-state index in [2.05, 4.69) is 6.92 Å². The van der Waals surface area contributed by atoms with Crippen LogP contribution in [0.5, 0.6) is 5.75 Å². The molecule has 0 spiro atoms. The van der Waals surface area contributed by atoms with E-state index in [-0.39, 0.29) is 5.97 Å². The van der Waals surface area contributed by atoms with Crippen LogP contribution in [-0.4, -0.2) is 18.5 Å². The van der Waals surface area contributed by atoms with E-state index in [9.17, 15) is 9.59 Å². The van der Waals surface area contributed by atoms with Gasteiger partial charge in [0.15, 0.2) is 0 Å². The summed E-state index contributed by atoms with van der Waals surface area (Å²) in [5.74, 6) is -1.24. The number of hydrogen-bond donors (Lipinski definition) is 0. The van der Waals surface area contributed by atoms with E-state index in [0.717, 1.165) is 18.4 Å². The molecule has 1 aromatic rings. The maximum absolute atomic E-state index is 12.7. The number of rotatable bonds is 12. The number of hydrogen-bond acceptors (Lipinski definition) is 4. The summed E-state index contributed by atoms with van der Waals surface area (Å²) in [6.07, 6.45) is 14.4. The number of allylic oxidation sites excluding steroid dienone is 2. The van der Waals surface area contributed by atoms with Crippen molar-refractivity contribution >= 4 is 23.5 Å². The van der Waals surface area contributed by atoms with Gasteiger partial charge in [-0.1, -0.05) is 75.6 Å². The molecule has 0 radical (unpaired) electrons. The van der Waals surface area contributed by atoms with Crippen LogP contribution in [0.15, 0.2) is 30.4 Å². The van der Waals surface area contributed by atoms with E-state index in [1.165, 1.54) is 38.5 Å². The Hall–Kier alpha value is -1.81. The highest BCUT2D eigenvalue weighted by atomic mass is 35.5. The maximum atomic E-state index is 12.7. The molecule has 0 N–H and O–H groups in total. The molecule has 1 aromatic carbocycles. The Bertz CT molecular complexity index is 713. The van der Waals surface area contributed by atoms with E-state index in [4.69, 9.17) is 21.1 Å². The number of benzene rings is 1. The quantitative estimate of drug-likeness (QED) is 0.157. The SMILES string of the molecule is CCCCCCCCCCOC(=O)C1CC=CCC1C(=O)Oc1ccc(Cl)c(C)c1. The van der Waals surface area contributed by atoms with Crippen LogP contribution in [0.2, 0.25) is 5.02 Å². The van der Waals surface area contributed by atoms with Crippen LogP contribution in [0.1, 0.15) is 76.7 Å². The summed E-state index contributed by atoms with van der Waals surface area (Å²) in [5.41, 5.74) is 0.840. The van der Waals surface area contributed by atoms with Crippen LogP contribution in [0, 0.1) is 18.8 Å². The number of carbonyl (C=O) groups is 2. The lowest BCUT2D eigenvalue weighted by Crippen LogP contribution is -2.35. The van der Waals surface area contributed by atoms with Crippen molar-refractivity contribution in [3.63, 3.8) is 0 Å². The third-order valence-corrected chi connectivity index (χ3v) is 6.05. The molecule has 0 aromatic heterocycles. The van der Waals surface area contributed by atoms with Crippen LogP contribution < -0.4 is 4.74 Å². The Balaban J connectivity index is 1.76. The summed E-state index contributed by atoms with van der Waals surface area (Å²) in [7, 11) is 0. The average molecular weight is 435 g/mol. The van der Waals surface area contributed by atoms with Crippen LogP contribution in [0.3, 0.4) is 0 Å². The van der Waals surface area contributed by atoms with Crippen molar-refractivity contribution in [3.05, 3.63) is 40.9 Å². The molecule has 0 amide bonds. The smallest absolute Gasteiger partial charge is 0.315 e. The minimum atomic E-state index is -0.517. The minimum absolute atomic E-state index is 0.295. The van der Waals surface area contributed by atoms with Crippen LogP contribution in [0.25, 0.3) is 0 Å². The molecule has 0 heterocycles. The van der Waals surface area contributed by atoms with Gasteiger partial charge in [0, 0.05) is 5.02 Å². The Morgan fingerprint density at radius 1 is 0.933 bits per heavy atom. The lowest BCUT2D eigenvalue weighted by Gasteiger charge is -2.25. The van der Waals surface area contributed by atoms with Crippen molar-refractivity contribution in [1.29, 1.82) is 0 Å². The second-order valence-corrected chi connectivity index (χ2v) is 8.54. The summed E-state index contributed by atoms with van der Waals surface area (Å²) in [4.78, 5) is 25.3. The van der Waals surface area contributed by atoms with Gasteiger partial charge in [-0.2, -0.15) is 0 Å². The van der Waals surface area contributed by atoms with Gasteiger partial charge in [-0.3, -0.25) is 9.59 Å². The topological polar surface area (TPSA) is 52.6 Å². The molecular weight excluding hydrogens is 400 g/mol. The van der Waals surface area contributed by atoms with Gasteiger partial charge in [0.05, 0.1) is 18.4 Å². The number of ether oxygens (including phenoxy) is 2. The predicted molar refractivity (Wildman–Crippen MR) is 121 cm³/mol. The van der Waals surface area contributed by atoms with E-state index in [1.54, 1.807) is 18.2 Å². The van der Waals surface area contributed by atoms with Crippen molar-refractivity contribution in [2.75, 3.05) is 6.61 Å². The van der Waals surface area contributed by atoms with Crippen molar-refractivity contribution in [3.8, 4) is 5.75 Å². The van der Waals surface area contributed by atoms with Crippen molar-refractivity contribution < 1.29 is 19.1 Å². The number of esters is 2. The third-order valence-electron chi connectivity index (χ3n) is 5.63. The zero-order chi connectivity index (χ0) is 21.8. The summed E-state index contributed by atoms with van der Waals surface area (Å²) in [6.45, 7) is 4.50. The molecule has 30 heavy (non-hydrogen) atoms. The van der Waals surface area contributed by atoms with Crippen molar-refractivity contribution in [2.24, 2.45) is 11.8 Å². The Kier molecular flexibility index (Phi) is 11.0. The lowest BCUT2D eigenvalue weighted by atomic mass is 9.83. The van der Waals surface area contributed by atoms with Crippen LogP contribution >= 0.6 is 11.6 Å². The molecule has 4 nitrogen and oxygen atoms in total. The van der Waals surface area contributed by atoms with Crippen molar-refractivity contribution in [2.45, 2.75) is 78.1 Å². The molecule has 0 aliphatic heterocycles. The van der Waals surface area contributed by atoms with Crippen LogP contribution in [0.4, 0.5) is 0 Å². The number of aryl methyl sites for hydroxylation is 1. The van der Waals surface area contributed by atoms with E-state index >= 15 is 0 Å². The second kappa shape index (κ2) is 13.5. The predicted octanol–water partition coefficient (Wildman–Crippen LogP) is 6.82. The van der Waals surface area contributed by atoms with Gasteiger partial charge >= 0.3 is 11.9 Å². The normalized spacial score (nSPS) is 18.2. The molecule has 0 saturated carbocycles. The maximum Gasteiger partial charge on any atom is 0.315 e. The fourth-order valence-electron chi connectivity index (χ4n) is 3.72. The molecule has 1 aliphatic carbocycles. The molecule has 0 saturated heterocycles. The molecule has 0 bridgehead atoms. The van der Waals surface area contributed by atoms with Gasteiger partial charge in [-0.15, -0.1) is 0 Å². The number of carbonyl (C=O) groups excluding carboxylic acids is 2. The monoisotopic (exact) mass is 434 g/mol. The Morgan fingerprint density at radius 3 is 2.17 bits per heavy atom. The van der Waals surface area contributed by atoms with E-state index < -0.39 is 17.8 Å². The lowest BCUT2D eigenvalue weighted by molar-refractivity contribution is -0.156. The first-order chi connectivity index (χ1) is 14.5. The first-order valence-corrected chi connectivity index (χ1v) is 11.7. The van der Waals surface area contributed by atoms with E-state index in [0.29, 0.717) is 30.2 Å². The van der Waals surface area contributed by atoms with Gasteiger partial charge < -0.3 is 9.47 Å². The van der Waals surface area contributed by atoms with Gasteiger partial charge in [0.2, 0.25) is 0 Å². The first-order valence-electron chi connectivity index (χ1n) is 11.3. The molecule has 5 heteroatoms. The Labute approximate surface area is 186 Å². The van der Waals surface area contributed by atoms with Crippen molar-refractivity contribution in [1.82, 2.24) is 0 Å². The highest BCUT2D eigenvalue weighted by Gasteiger charge is 2.36. The largest absolute Gasteiger partial charge is 0.465 e. The van der Waals surface area contributed by atoms with E-state index in [1.807, 2.05) is 19.1 Å². The molecule has 2 rings (SSSR count). The van der Waals surface area contributed by atoms with Gasteiger partial charge in [-0.25, -0.2) is 0 Å². The number of halogens is 1. The molecule has 0 fully saturated rings. The molecule has 1 aliphatic rings. The molecule has 166 valence electrons. The third kappa shape index (κ3) is 8.14. The highest BCUT2D eigenvalue weighted by molar-refractivity contribution is 6.31. The highest BCUT2D eigenvalue weighted by Crippen LogP contribution is 2.29. The molecular formula is C25H35ClO4. The Morgan fingerprint density at radius 2 is 1.53 bits per heavy atom. The zero-order valence-corrected chi connectivity index (χ0v) is 19.1. The fraction of sp³-hybridized carbons (Fsp3) is 0.600. The van der Waals surface area contributed by atoms with Gasteiger partial charge in [0.25, 0.3) is 0 Å². The minimum Gasteiger partial charge on any atom is -0.465 e. The fourth-order valence-corrected chi connectivity index (χ4v) is 3.84. The summed E-state index contributed by atoms with van der Waals surface area (Å²) >= 11 is 6.03. The summed E-state index contributed by atoms with van der Waals surface area (Å²) < 4.78 is 11.0. The first kappa shape index (κ1) is 24.5. The number of unbranched alkanes of at least 4 members (excludes halogenated alkanes) is 7. The standard InChI is InChI=1S/C25H35ClO4/c1-3-4-5-6-7-8-9-12-17-29-24(27)21-13-10-11-14-22(21)25(28)30-20-15-16-23(26)19(2)18-20/h10-11,15-16,18,21-22H,3-9,12-14,17H2,1-2H3. The molecule has 2 atom stereocenters. The van der Waals surface area contributed by atoms with Crippen LogP contribution in [-0.2, 0) is 14.3 Å².